The van der Waals surface area contributed by atoms with Crippen molar-refractivity contribution < 1.29 is 9.13 Å². The van der Waals surface area contributed by atoms with Crippen LogP contribution in [0.5, 0.6) is 0 Å². The predicted molar refractivity (Wildman–Crippen MR) is 28.6 cm³/mol. The van der Waals surface area contributed by atoms with Gasteiger partial charge in [-0.1, -0.05) is 0 Å². The van der Waals surface area contributed by atoms with Crippen LogP contribution in [0.1, 0.15) is 0 Å². The molecule has 48 valence electrons. The molecule has 1 aliphatic rings. The van der Waals surface area contributed by atoms with Crippen molar-refractivity contribution in [2.75, 3.05) is 20.2 Å². The van der Waals surface area contributed by atoms with Crippen molar-refractivity contribution in [1.82, 2.24) is 5.32 Å². The summed E-state index contributed by atoms with van der Waals surface area (Å²) >= 11 is 0. The SMILES string of the molecule is CO[C@H]1CNC[C@H]1F. The van der Waals surface area contributed by atoms with Crippen LogP contribution in [0.25, 0.3) is 0 Å². The number of alkyl halides is 1. The van der Waals surface area contributed by atoms with Crippen molar-refractivity contribution in [2.45, 2.75) is 12.3 Å². The first-order valence-corrected chi connectivity index (χ1v) is 2.72. The lowest BCUT2D eigenvalue weighted by Crippen LogP contribution is -2.21. The zero-order valence-corrected chi connectivity index (χ0v) is 4.86. The number of hydrogen-bond donors (Lipinski definition) is 1. The zero-order chi connectivity index (χ0) is 5.98. The molecular formula is C5H10FNO. The lowest BCUT2D eigenvalue weighted by Gasteiger charge is -2.06. The maximum absolute atomic E-state index is 12.4. The van der Waals surface area contributed by atoms with Gasteiger partial charge in [0.1, 0.15) is 12.3 Å². The average Bonchev–Trinajstić information content (AvgIpc) is 2.14. The Morgan fingerprint density at radius 2 is 2.38 bits per heavy atom. The van der Waals surface area contributed by atoms with E-state index in [9.17, 15) is 4.39 Å². The minimum absolute atomic E-state index is 0.213. The van der Waals surface area contributed by atoms with Crippen molar-refractivity contribution in [3.63, 3.8) is 0 Å². The Morgan fingerprint density at radius 1 is 1.62 bits per heavy atom. The summed E-state index contributed by atoms with van der Waals surface area (Å²) < 4.78 is 17.2. The molecule has 2 nitrogen and oxygen atoms in total. The van der Waals surface area contributed by atoms with E-state index in [-0.39, 0.29) is 6.10 Å². The first-order valence-electron chi connectivity index (χ1n) is 2.72. The second kappa shape index (κ2) is 2.42. The van der Waals surface area contributed by atoms with E-state index in [0.29, 0.717) is 13.1 Å². The first-order chi connectivity index (χ1) is 3.84. The van der Waals surface area contributed by atoms with Gasteiger partial charge in [-0.2, -0.15) is 0 Å². The van der Waals surface area contributed by atoms with Crippen LogP contribution in [0, 0.1) is 0 Å². The Morgan fingerprint density at radius 3 is 2.62 bits per heavy atom. The molecule has 0 aromatic rings. The second-order valence-electron chi connectivity index (χ2n) is 1.95. The zero-order valence-electron chi connectivity index (χ0n) is 4.86. The molecule has 0 aromatic carbocycles. The lowest BCUT2D eigenvalue weighted by atomic mass is 10.3. The lowest BCUT2D eigenvalue weighted by molar-refractivity contribution is 0.0647. The highest BCUT2D eigenvalue weighted by atomic mass is 19.1. The highest BCUT2D eigenvalue weighted by Crippen LogP contribution is 2.06. The summed E-state index contributed by atoms with van der Waals surface area (Å²) in [7, 11) is 1.53. The number of halogens is 1. The monoisotopic (exact) mass is 119 g/mol. The molecule has 3 heteroatoms. The fourth-order valence-electron chi connectivity index (χ4n) is 0.854. The van der Waals surface area contributed by atoms with E-state index in [2.05, 4.69) is 5.32 Å². The summed E-state index contributed by atoms with van der Waals surface area (Å²) in [5, 5.41) is 2.87. The molecule has 0 aromatic heterocycles. The smallest absolute Gasteiger partial charge is 0.140 e. The molecule has 1 N–H and O–H groups in total. The normalized spacial score (nSPS) is 38.2. The summed E-state index contributed by atoms with van der Waals surface area (Å²) in [6.45, 7) is 1.09. The minimum atomic E-state index is -0.806. The molecule has 1 fully saturated rings. The van der Waals surface area contributed by atoms with Crippen LogP contribution < -0.4 is 5.32 Å². The van der Waals surface area contributed by atoms with Gasteiger partial charge in [0.2, 0.25) is 0 Å². The highest BCUT2D eigenvalue weighted by molar-refractivity contribution is 4.80. The number of ether oxygens (including phenoxy) is 1. The molecule has 0 radical (unpaired) electrons. The van der Waals surface area contributed by atoms with E-state index >= 15 is 0 Å². The molecule has 0 bridgehead atoms. The van der Waals surface area contributed by atoms with E-state index in [1.165, 1.54) is 7.11 Å². The standard InChI is InChI=1S/C5H10FNO/c1-8-5-3-7-2-4(5)6/h4-5,7H,2-3H2,1H3/t4-,5+/m1/s1. The second-order valence-corrected chi connectivity index (χ2v) is 1.95. The van der Waals surface area contributed by atoms with Crippen molar-refractivity contribution in [2.24, 2.45) is 0 Å². The molecule has 1 rings (SSSR count). The van der Waals surface area contributed by atoms with Crippen LogP contribution in [0.2, 0.25) is 0 Å². The van der Waals surface area contributed by atoms with Gasteiger partial charge in [0, 0.05) is 20.2 Å². The van der Waals surface area contributed by atoms with Crippen molar-refractivity contribution in [3.8, 4) is 0 Å². The van der Waals surface area contributed by atoms with Crippen molar-refractivity contribution in [1.29, 1.82) is 0 Å². The van der Waals surface area contributed by atoms with Gasteiger partial charge in [-0.25, -0.2) is 4.39 Å². The van der Waals surface area contributed by atoms with Gasteiger partial charge < -0.3 is 10.1 Å². The van der Waals surface area contributed by atoms with E-state index in [1.54, 1.807) is 0 Å². The topological polar surface area (TPSA) is 21.3 Å². The van der Waals surface area contributed by atoms with Crippen molar-refractivity contribution >= 4 is 0 Å². The predicted octanol–water partition coefficient (Wildman–Crippen LogP) is -0.0573. The van der Waals surface area contributed by atoms with Gasteiger partial charge in [-0.3, -0.25) is 0 Å². The minimum Gasteiger partial charge on any atom is -0.377 e. The fourth-order valence-corrected chi connectivity index (χ4v) is 0.854. The summed E-state index contributed by atoms with van der Waals surface area (Å²) in [4.78, 5) is 0. The van der Waals surface area contributed by atoms with Crippen LogP contribution in [0.3, 0.4) is 0 Å². The van der Waals surface area contributed by atoms with Gasteiger partial charge >= 0.3 is 0 Å². The first kappa shape index (κ1) is 5.98. The van der Waals surface area contributed by atoms with E-state index < -0.39 is 6.17 Å². The summed E-state index contributed by atoms with van der Waals surface area (Å²) in [5.41, 5.74) is 0. The molecule has 1 aliphatic heterocycles. The molecule has 0 saturated carbocycles. The van der Waals surface area contributed by atoms with Crippen LogP contribution in [0.15, 0.2) is 0 Å². The molecule has 0 spiro atoms. The molecule has 0 unspecified atom stereocenters. The van der Waals surface area contributed by atoms with Gasteiger partial charge in [0.25, 0.3) is 0 Å². The number of rotatable bonds is 1. The summed E-state index contributed by atoms with van der Waals surface area (Å²) in [5.74, 6) is 0. The number of hydrogen-bond acceptors (Lipinski definition) is 2. The largest absolute Gasteiger partial charge is 0.377 e. The maximum Gasteiger partial charge on any atom is 0.140 e. The van der Waals surface area contributed by atoms with E-state index in [1.807, 2.05) is 0 Å². The fraction of sp³-hybridized carbons (Fsp3) is 1.00. The molecule has 1 heterocycles. The maximum atomic E-state index is 12.4. The third-order valence-corrected chi connectivity index (χ3v) is 1.39. The number of nitrogens with one attached hydrogen (secondary N) is 1. The quantitative estimate of drug-likeness (QED) is 0.522. The molecule has 0 aliphatic carbocycles. The number of methoxy groups -OCH3 is 1. The Kier molecular flexibility index (Phi) is 1.81. The van der Waals surface area contributed by atoms with Crippen molar-refractivity contribution in [3.05, 3.63) is 0 Å². The van der Waals surface area contributed by atoms with E-state index in [0.717, 1.165) is 0 Å². The average molecular weight is 119 g/mol. The van der Waals surface area contributed by atoms with Gasteiger partial charge in [0.05, 0.1) is 0 Å². The van der Waals surface area contributed by atoms with Crippen LogP contribution in [-0.4, -0.2) is 32.5 Å². The van der Waals surface area contributed by atoms with Gasteiger partial charge in [-0.15, -0.1) is 0 Å². The third-order valence-electron chi connectivity index (χ3n) is 1.39. The van der Waals surface area contributed by atoms with Crippen LogP contribution in [0.4, 0.5) is 4.39 Å². The highest BCUT2D eigenvalue weighted by Gasteiger charge is 2.25. The van der Waals surface area contributed by atoms with Gasteiger partial charge in [-0.05, 0) is 0 Å². The summed E-state index contributed by atoms with van der Waals surface area (Å²) in [6.07, 6.45) is -1.02. The third kappa shape index (κ3) is 0.980. The van der Waals surface area contributed by atoms with E-state index in [4.69, 9.17) is 4.74 Å². The Labute approximate surface area is 48.0 Å². The Bertz CT molecular complexity index is 78.8. The van der Waals surface area contributed by atoms with Crippen LogP contribution >= 0.6 is 0 Å². The Hall–Kier alpha value is -0.150. The molecular weight excluding hydrogens is 109 g/mol. The molecule has 8 heavy (non-hydrogen) atoms. The molecule has 0 amide bonds. The summed E-state index contributed by atoms with van der Waals surface area (Å²) in [6, 6.07) is 0. The van der Waals surface area contributed by atoms with Gasteiger partial charge in [0.15, 0.2) is 0 Å². The molecule has 1 saturated heterocycles. The molecule has 2 atom stereocenters. The Balaban J connectivity index is 2.30. The van der Waals surface area contributed by atoms with Crippen LogP contribution in [-0.2, 0) is 4.74 Å².